The van der Waals surface area contributed by atoms with Crippen LogP contribution in [0.4, 0.5) is 37.6 Å². The molecule has 0 unspecified atom stereocenters. The highest BCUT2D eigenvalue weighted by Crippen LogP contribution is 2.23. The Balaban J connectivity index is 1.42. The van der Waals surface area contributed by atoms with E-state index >= 15 is 0 Å². The van der Waals surface area contributed by atoms with Gasteiger partial charge < -0.3 is 20.4 Å². The Labute approximate surface area is 168 Å². The maximum atomic E-state index is 13.8. The molecule has 2 aromatic carbocycles. The third-order valence-electron chi connectivity index (χ3n) is 4.84. The molecule has 0 saturated carbocycles. The second kappa shape index (κ2) is 8.40. The maximum absolute atomic E-state index is 13.8. The van der Waals surface area contributed by atoms with Crippen molar-refractivity contribution < 1.29 is 8.78 Å². The minimum Gasteiger partial charge on any atom is -0.369 e. The van der Waals surface area contributed by atoms with Crippen molar-refractivity contribution in [2.75, 3.05) is 48.8 Å². The summed E-state index contributed by atoms with van der Waals surface area (Å²) in [7, 11) is 2.14. The molecule has 0 spiro atoms. The van der Waals surface area contributed by atoms with E-state index in [0.29, 0.717) is 5.82 Å². The summed E-state index contributed by atoms with van der Waals surface area (Å²) in [5.74, 6) is -0.553. The number of halogens is 2. The molecule has 8 heteroatoms. The van der Waals surface area contributed by atoms with E-state index in [2.05, 4.69) is 49.6 Å². The number of hydrogen-bond acceptors (Lipinski definition) is 6. The van der Waals surface area contributed by atoms with Gasteiger partial charge in [0.1, 0.15) is 17.5 Å². The largest absolute Gasteiger partial charge is 0.369 e. The molecule has 6 nitrogen and oxygen atoms in total. The number of nitrogens with one attached hydrogen (secondary N) is 2. The molecule has 150 valence electrons. The fourth-order valence-electron chi connectivity index (χ4n) is 3.17. The van der Waals surface area contributed by atoms with Crippen LogP contribution in [-0.4, -0.2) is 48.1 Å². The quantitative estimate of drug-likeness (QED) is 0.680. The number of likely N-dealkylation sites (N-methyl/N-ethyl adjacent to an activating group) is 1. The van der Waals surface area contributed by atoms with Crippen LogP contribution in [0, 0.1) is 11.6 Å². The van der Waals surface area contributed by atoms with Gasteiger partial charge in [0.15, 0.2) is 0 Å². The predicted octanol–water partition coefficient (Wildman–Crippen LogP) is 3.99. The zero-order valence-electron chi connectivity index (χ0n) is 16.1. The molecule has 0 aliphatic carbocycles. The minimum atomic E-state index is -0.702. The van der Waals surface area contributed by atoms with Gasteiger partial charge in [-0.1, -0.05) is 0 Å². The average Bonchev–Trinajstić information content (AvgIpc) is 2.72. The Morgan fingerprint density at radius 1 is 0.897 bits per heavy atom. The summed E-state index contributed by atoms with van der Waals surface area (Å²) in [6, 6.07) is 13.2. The van der Waals surface area contributed by atoms with Crippen LogP contribution in [0.2, 0.25) is 0 Å². The molecule has 3 aromatic rings. The third kappa shape index (κ3) is 4.78. The number of piperazine rings is 1. The lowest BCUT2D eigenvalue weighted by Gasteiger charge is -2.34. The van der Waals surface area contributed by atoms with E-state index in [1.165, 1.54) is 17.8 Å². The molecule has 1 aromatic heterocycles. The van der Waals surface area contributed by atoms with Crippen LogP contribution in [0.15, 0.2) is 54.7 Å². The summed E-state index contributed by atoms with van der Waals surface area (Å²) < 4.78 is 26.9. The van der Waals surface area contributed by atoms with Gasteiger partial charge in [-0.25, -0.2) is 13.8 Å². The summed E-state index contributed by atoms with van der Waals surface area (Å²) >= 11 is 0. The number of anilines is 5. The van der Waals surface area contributed by atoms with Crippen molar-refractivity contribution in [3.63, 3.8) is 0 Å². The van der Waals surface area contributed by atoms with Gasteiger partial charge in [-0.05, 0) is 49.5 Å². The van der Waals surface area contributed by atoms with Crippen LogP contribution in [0.1, 0.15) is 0 Å². The number of nitrogens with zero attached hydrogens (tertiary/aromatic N) is 4. The SMILES string of the molecule is CN1CCN(c2ccc(Nc3ccnc(Nc4ccc(F)cc4F)n3)cc2)CC1. The predicted molar refractivity (Wildman–Crippen MR) is 111 cm³/mol. The van der Waals surface area contributed by atoms with E-state index in [4.69, 9.17) is 0 Å². The van der Waals surface area contributed by atoms with Crippen LogP contribution in [-0.2, 0) is 0 Å². The van der Waals surface area contributed by atoms with Gasteiger partial charge in [0.25, 0.3) is 0 Å². The normalized spacial score (nSPS) is 14.7. The molecule has 4 rings (SSSR count). The molecular weight excluding hydrogens is 374 g/mol. The minimum absolute atomic E-state index is 0.111. The maximum Gasteiger partial charge on any atom is 0.229 e. The molecule has 2 heterocycles. The molecule has 0 atom stereocenters. The van der Waals surface area contributed by atoms with Crippen molar-refractivity contribution >= 4 is 28.8 Å². The van der Waals surface area contributed by atoms with Gasteiger partial charge in [0, 0.05) is 49.8 Å². The summed E-state index contributed by atoms with van der Waals surface area (Å²) in [4.78, 5) is 13.1. The Morgan fingerprint density at radius 2 is 1.66 bits per heavy atom. The summed E-state index contributed by atoms with van der Waals surface area (Å²) in [6.45, 7) is 4.16. The highest BCUT2D eigenvalue weighted by molar-refractivity contribution is 5.62. The van der Waals surface area contributed by atoms with Gasteiger partial charge in [0.05, 0.1) is 5.69 Å². The van der Waals surface area contributed by atoms with Crippen molar-refractivity contribution in [2.45, 2.75) is 0 Å². The molecule has 0 amide bonds. The van der Waals surface area contributed by atoms with E-state index in [-0.39, 0.29) is 11.6 Å². The van der Waals surface area contributed by atoms with Crippen molar-refractivity contribution in [3.8, 4) is 0 Å². The summed E-state index contributed by atoms with van der Waals surface area (Å²) in [5.41, 5.74) is 2.20. The van der Waals surface area contributed by atoms with Gasteiger partial charge in [-0.15, -0.1) is 0 Å². The topological polar surface area (TPSA) is 56.3 Å². The zero-order valence-corrected chi connectivity index (χ0v) is 16.1. The number of hydrogen-bond donors (Lipinski definition) is 2. The molecule has 0 bridgehead atoms. The highest BCUT2D eigenvalue weighted by Gasteiger charge is 2.14. The standard InChI is InChI=1S/C21H22F2N6/c1-28-10-12-29(13-11-28)17-5-3-16(4-6-17)25-20-8-9-24-21(27-20)26-19-7-2-15(22)14-18(19)23/h2-9,14H,10-13H2,1H3,(H2,24,25,26,27). The Kier molecular flexibility index (Phi) is 5.53. The molecule has 1 fully saturated rings. The molecule has 2 N–H and O–H groups in total. The zero-order chi connectivity index (χ0) is 20.2. The molecule has 1 aliphatic rings. The van der Waals surface area contributed by atoms with E-state index in [9.17, 15) is 8.78 Å². The Hall–Kier alpha value is -3.26. The second-order valence-corrected chi connectivity index (χ2v) is 6.98. The number of rotatable bonds is 5. The number of aromatic nitrogens is 2. The first kappa shape index (κ1) is 19.1. The summed E-state index contributed by atoms with van der Waals surface area (Å²) in [6.07, 6.45) is 1.57. The number of benzene rings is 2. The first-order chi connectivity index (χ1) is 14.1. The lowest BCUT2D eigenvalue weighted by molar-refractivity contribution is 0.313. The van der Waals surface area contributed by atoms with Gasteiger partial charge in [-0.3, -0.25) is 0 Å². The van der Waals surface area contributed by atoms with Crippen LogP contribution in [0.25, 0.3) is 0 Å². The van der Waals surface area contributed by atoms with Crippen molar-refractivity contribution in [2.24, 2.45) is 0 Å². The monoisotopic (exact) mass is 396 g/mol. The average molecular weight is 396 g/mol. The molecule has 1 aliphatic heterocycles. The molecule has 29 heavy (non-hydrogen) atoms. The molecule has 0 radical (unpaired) electrons. The van der Waals surface area contributed by atoms with Crippen molar-refractivity contribution in [1.29, 1.82) is 0 Å². The van der Waals surface area contributed by atoms with Crippen LogP contribution < -0.4 is 15.5 Å². The first-order valence-electron chi connectivity index (χ1n) is 9.42. The smallest absolute Gasteiger partial charge is 0.229 e. The van der Waals surface area contributed by atoms with Crippen LogP contribution in [0.5, 0.6) is 0 Å². The van der Waals surface area contributed by atoms with Crippen molar-refractivity contribution in [1.82, 2.24) is 14.9 Å². The van der Waals surface area contributed by atoms with Crippen LogP contribution >= 0.6 is 0 Å². The second-order valence-electron chi connectivity index (χ2n) is 6.98. The van der Waals surface area contributed by atoms with Gasteiger partial charge in [-0.2, -0.15) is 4.98 Å². The highest BCUT2D eigenvalue weighted by atomic mass is 19.1. The fraction of sp³-hybridized carbons (Fsp3) is 0.238. The molecular formula is C21H22F2N6. The van der Waals surface area contributed by atoms with E-state index < -0.39 is 11.6 Å². The first-order valence-corrected chi connectivity index (χ1v) is 9.42. The van der Waals surface area contributed by atoms with E-state index in [1.54, 1.807) is 12.3 Å². The lowest BCUT2D eigenvalue weighted by Crippen LogP contribution is -2.44. The van der Waals surface area contributed by atoms with E-state index in [1.807, 2.05) is 12.1 Å². The Bertz CT molecular complexity index is 971. The fourth-order valence-corrected chi connectivity index (χ4v) is 3.17. The molecule has 1 saturated heterocycles. The third-order valence-corrected chi connectivity index (χ3v) is 4.84. The summed E-state index contributed by atoms with van der Waals surface area (Å²) in [5, 5.41) is 5.99. The van der Waals surface area contributed by atoms with Crippen molar-refractivity contribution in [3.05, 3.63) is 66.4 Å². The van der Waals surface area contributed by atoms with Gasteiger partial charge in [0.2, 0.25) is 5.95 Å². The van der Waals surface area contributed by atoms with E-state index in [0.717, 1.165) is 37.9 Å². The lowest BCUT2D eigenvalue weighted by atomic mass is 10.2. The Morgan fingerprint density at radius 3 is 2.38 bits per heavy atom. The van der Waals surface area contributed by atoms with Gasteiger partial charge >= 0.3 is 0 Å². The van der Waals surface area contributed by atoms with Crippen LogP contribution in [0.3, 0.4) is 0 Å².